The molecule has 0 atom stereocenters. The predicted octanol–water partition coefficient (Wildman–Crippen LogP) is 3.32. The van der Waals surface area contributed by atoms with Crippen molar-refractivity contribution in [2.75, 3.05) is 13.6 Å². The molecule has 0 radical (unpaired) electrons. The van der Waals surface area contributed by atoms with Crippen LogP contribution in [0.5, 0.6) is 0 Å². The SMILES string of the molecule is CCCC(=CC(C)=NC)C=C(C)NCC. The minimum atomic E-state index is 0.975. The van der Waals surface area contributed by atoms with Gasteiger partial charge in [0.15, 0.2) is 0 Å². The highest BCUT2D eigenvalue weighted by molar-refractivity contribution is 5.93. The maximum atomic E-state index is 4.15. The van der Waals surface area contributed by atoms with Gasteiger partial charge in [0.2, 0.25) is 0 Å². The number of nitrogens with one attached hydrogen (secondary N) is 1. The van der Waals surface area contributed by atoms with Gasteiger partial charge in [-0.25, -0.2) is 0 Å². The highest BCUT2D eigenvalue weighted by atomic mass is 14.9. The lowest BCUT2D eigenvalue weighted by Gasteiger charge is -2.05. The van der Waals surface area contributed by atoms with Crippen molar-refractivity contribution < 1.29 is 0 Å². The first-order valence-corrected chi connectivity index (χ1v) is 5.70. The predicted molar refractivity (Wildman–Crippen MR) is 69.5 cm³/mol. The number of rotatable bonds is 6. The maximum Gasteiger partial charge on any atom is 0.0316 e. The summed E-state index contributed by atoms with van der Waals surface area (Å²) < 4.78 is 0. The van der Waals surface area contributed by atoms with Gasteiger partial charge in [-0.15, -0.1) is 0 Å². The van der Waals surface area contributed by atoms with Crippen molar-refractivity contribution in [3.8, 4) is 0 Å². The van der Waals surface area contributed by atoms with Gasteiger partial charge in [-0.2, -0.15) is 0 Å². The highest BCUT2D eigenvalue weighted by Gasteiger charge is 1.95. The van der Waals surface area contributed by atoms with Crippen LogP contribution in [0.25, 0.3) is 0 Å². The van der Waals surface area contributed by atoms with Crippen molar-refractivity contribution in [3.63, 3.8) is 0 Å². The Morgan fingerprint density at radius 3 is 2.33 bits per heavy atom. The number of allylic oxidation sites excluding steroid dienone is 4. The van der Waals surface area contributed by atoms with Gasteiger partial charge < -0.3 is 5.32 Å². The molecule has 0 saturated heterocycles. The Morgan fingerprint density at radius 2 is 1.87 bits per heavy atom. The third-order valence-electron chi connectivity index (χ3n) is 2.14. The Morgan fingerprint density at radius 1 is 1.20 bits per heavy atom. The molecule has 15 heavy (non-hydrogen) atoms. The van der Waals surface area contributed by atoms with Crippen molar-refractivity contribution in [2.45, 2.75) is 40.5 Å². The van der Waals surface area contributed by atoms with E-state index in [1.54, 1.807) is 0 Å². The van der Waals surface area contributed by atoms with Crippen LogP contribution in [-0.2, 0) is 0 Å². The lowest BCUT2D eigenvalue weighted by molar-refractivity contribution is 0.845. The molecule has 0 aromatic rings. The minimum Gasteiger partial charge on any atom is -0.389 e. The van der Waals surface area contributed by atoms with Gasteiger partial charge in [-0.3, -0.25) is 4.99 Å². The number of hydrogen-bond acceptors (Lipinski definition) is 2. The Kier molecular flexibility index (Phi) is 7.69. The van der Waals surface area contributed by atoms with Crippen LogP contribution in [-0.4, -0.2) is 19.3 Å². The average Bonchev–Trinajstić information content (AvgIpc) is 2.18. The molecular weight excluding hydrogens is 184 g/mol. The molecular formula is C13H24N2. The molecule has 0 aliphatic heterocycles. The second kappa shape index (κ2) is 8.27. The average molecular weight is 208 g/mol. The van der Waals surface area contributed by atoms with Crippen LogP contribution in [0.1, 0.15) is 40.5 Å². The number of aliphatic imine (C=N–C) groups is 1. The van der Waals surface area contributed by atoms with Crippen molar-refractivity contribution in [2.24, 2.45) is 4.99 Å². The van der Waals surface area contributed by atoms with Crippen LogP contribution in [0, 0.1) is 0 Å². The zero-order valence-electron chi connectivity index (χ0n) is 10.7. The molecule has 2 nitrogen and oxygen atoms in total. The first-order chi connectivity index (χ1) is 7.13. The van der Waals surface area contributed by atoms with Gasteiger partial charge in [0.05, 0.1) is 0 Å². The summed E-state index contributed by atoms with van der Waals surface area (Å²) in [6, 6.07) is 0. The van der Waals surface area contributed by atoms with Crippen LogP contribution in [0.4, 0.5) is 0 Å². The van der Waals surface area contributed by atoms with Gasteiger partial charge in [0, 0.05) is 25.0 Å². The van der Waals surface area contributed by atoms with E-state index < -0.39 is 0 Å². The smallest absolute Gasteiger partial charge is 0.0316 e. The fraction of sp³-hybridized carbons (Fsp3) is 0.615. The molecule has 0 aromatic carbocycles. The Bertz CT molecular complexity index is 260. The second-order valence-electron chi connectivity index (χ2n) is 3.69. The molecule has 0 heterocycles. The van der Waals surface area contributed by atoms with Crippen LogP contribution < -0.4 is 5.32 Å². The largest absolute Gasteiger partial charge is 0.389 e. The number of hydrogen-bond donors (Lipinski definition) is 1. The third-order valence-corrected chi connectivity index (χ3v) is 2.14. The molecule has 0 aliphatic rings. The summed E-state index contributed by atoms with van der Waals surface area (Å²) in [5.74, 6) is 0. The Balaban J connectivity index is 4.66. The zero-order valence-corrected chi connectivity index (χ0v) is 10.7. The summed E-state index contributed by atoms with van der Waals surface area (Å²) in [4.78, 5) is 4.15. The topological polar surface area (TPSA) is 24.4 Å². The quantitative estimate of drug-likeness (QED) is 0.525. The van der Waals surface area contributed by atoms with Crippen LogP contribution in [0.15, 0.2) is 28.4 Å². The minimum absolute atomic E-state index is 0.975. The van der Waals surface area contributed by atoms with E-state index in [0.717, 1.165) is 18.7 Å². The Hall–Kier alpha value is -1.05. The van der Waals surface area contributed by atoms with Crippen molar-refractivity contribution in [1.29, 1.82) is 0 Å². The molecule has 2 heteroatoms. The van der Waals surface area contributed by atoms with E-state index in [9.17, 15) is 0 Å². The fourth-order valence-corrected chi connectivity index (χ4v) is 1.42. The molecule has 0 rings (SSSR count). The molecule has 0 amide bonds. The number of nitrogens with zero attached hydrogens (tertiary/aromatic N) is 1. The van der Waals surface area contributed by atoms with Crippen molar-refractivity contribution in [3.05, 3.63) is 23.4 Å². The lowest BCUT2D eigenvalue weighted by Crippen LogP contribution is -2.09. The normalized spacial score (nSPS) is 14.3. The van der Waals surface area contributed by atoms with E-state index in [1.807, 2.05) is 14.0 Å². The van der Waals surface area contributed by atoms with E-state index in [1.165, 1.54) is 17.7 Å². The van der Waals surface area contributed by atoms with Gasteiger partial charge >= 0.3 is 0 Å². The zero-order chi connectivity index (χ0) is 11.7. The molecule has 0 spiro atoms. The van der Waals surface area contributed by atoms with Crippen molar-refractivity contribution in [1.82, 2.24) is 5.32 Å². The fourth-order valence-electron chi connectivity index (χ4n) is 1.42. The van der Waals surface area contributed by atoms with Gasteiger partial charge in [0.25, 0.3) is 0 Å². The molecule has 0 bridgehead atoms. The summed E-state index contributed by atoms with van der Waals surface area (Å²) in [7, 11) is 1.83. The second-order valence-corrected chi connectivity index (χ2v) is 3.69. The van der Waals surface area contributed by atoms with E-state index in [4.69, 9.17) is 0 Å². The third kappa shape index (κ3) is 6.95. The van der Waals surface area contributed by atoms with Crippen LogP contribution >= 0.6 is 0 Å². The summed E-state index contributed by atoms with van der Waals surface area (Å²) in [5, 5.41) is 3.31. The summed E-state index contributed by atoms with van der Waals surface area (Å²) >= 11 is 0. The standard InChI is InChI=1S/C13H24N2/c1-6-8-13(9-11(3)14-5)10-12(4)15-7-2/h9-10,15H,6-8H2,1-5H3. The maximum absolute atomic E-state index is 4.15. The van der Waals surface area contributed by atoms with E-state index in [2.05, 4.69) is 43.2 Å². The molecule has 1 N–H and O–H groups in total. The molecule has 0 saturated carbocycles. The van der Waals surface area contributed by atoms with E-state index in [-0.39, 0.29) is 0 Å². The molecule has 0 aromatic heterocycles. The van der Waals surface area contributed by atoms with Crippen molar-refractivity contribution >= 4 is 5.71 Å². The van der Waals surface area contributed by atoms with Crippen LogP contribution in [0.3, 0.4) is 0 Å². The lowest BCUT2D eigenvalue weighted by atomic mass is 10.1. The van der Waals surface area contributed by atoms with Crippen LogP contribution in [0.2, 0.25) is 0 Å². The van der Waals surface area contributed by atoms with E-state index in [0.29, 0.717) is 0 Å². The molecule has 0 aliphatic carbocycles. The Labute approximate surface area is 94.2 Å². The van der Waals surface area contributed by atoms with Gasteiger partial charge in [-0.05, 0) is 44.9 Å². The monoisotopic (exact) mass is 208 g/mol. The van der Waals surface area contributed by atoms with Gasteiger partial charge in [0.1, 0.15) is 0 Å². The first-order valence-electron chi connectivity index (χ1n) is 5.70. The summed E-state index contributed by atoms with van der Waals surface area (Å²) in [6.07, 6.45) is 6.64. The highest BCUT2D eigenvalue weighted by Crippen LogP contribution is 2.09. The summed E-state index contributed by atoms with van der Waals surface area (Å²) in [6.45, 7) is 9.42. The molecule has 0 fully saturated rings. The molecule has 86 valence electrons. The van der Waals surface area contributed by atoms with Gasteiger partial charge in [-0.1, -0.05) is 13.3 Å². The summed E-state index contributed by atoms with van der Waals surface area (Å²) in [5.41, 5.74) is 3.65. The first kappa shape index (κ1) is 13.9. The molecule has 0 unspecified atom stereocenters. The van der Waals surface area contributed by atoms with E-state index >= 15 is 0 Å².